The van der Waals surface area contributed by atoms with E-state index in [9.17, 15) is 4.79 Å². The van der Waals surface area contributed by atoms with Crippen LogP contribution in [0, 0.1) is 13.8 Å². The van der Waals surface area contributed by atoms with Crippen molar-refractivity contribution >= 4 is 17.5 Å². The lowest BCUT2D eigenvalue weighted by atomic mass is 10.1. The largest absolute Gasteiger partial charge is 0.331 e. The quantitative estimate of drug-likeness (QED) is 0.667. The molecule has 0 unspecified atom stereocenters. The van der Waals surface area contributed by atoms with Crippen molar-refractivity contribution in [2.45, 2.75) is 40.3 Å². The zero-order chi connectivity index (χ0) is 20.1. The first-order valence-electron chi connectivity index (χ1n) is 9.46. The van der Waals surface area contributed by atoms with Gasteiger partial charge >= 0.3 is 0 Å². The third-order valence-electron chi connectivity index (χ3n) is 4.58. The summed E-state index contributed by atoms with van der Waals surface area (Å²) in [6.45, 7) is 8.65. The van der Waals surface area contributed by atoms with Gasteiger partial charge in [-0.1, -0.05) is 48.0 Å². The molecule has 0 aliphatic rings. The molecule has 5 nitrogen and oxygen atoms in total. The first-order chi connectivity index (χ1) is 13.4. The Labute approximate surface area is 166 Å². The molecular weight excluding hydrogens is 348 g/mol. The summed E-state index contributed by atoms with van der Waals surface area (Å²) in [6, 6.07) is 17.8. The smallest absolute Gasteiger partial charge is 0.273 e. The van der Waals surface area contributed by atoms with Gasteiger partial charge in [-0.3, -0.25) is 4.79 Å². The van der Waals surface area contributed by atoms with Crippen LogP contribution in [0.5, 0.6) is 0 Å². The van der Waals surface area contributed by atoms with Gasteiger partial charge < -0.3 is 10.2 Å². The Bertz CT molecular complexity index is 954. The second-order valence-electron chi connectivity index (χ2n) is 7.22. The van der Waals surface area contributed by atoms with Crippen LogP contribution in [-0.4, -0.2) is 26.8 Å². The van der Waals surface area contributed by atoms with Gasteiger partial charge in [0.25, 0.3) is 5.91 Å². The van der Waals surface area contributed by atoms with Crippen molar-refractivity contribution in [1.29, 1.82) is 0 Å². The van der Waals surface area contributed by atoms with E-state index in [4.69, 9.17) is 0 Å². The Hall–Kier alpha value is -3.21. The fourth-order valence-electron chi connectivity index (χ4n) is 3.03. The van der Waals surface area contributed by atoms with Crippen LogP contribution >= 0.6 is 0 Å². The Morgan fingerprint density at radius 3 is 2.50 bits per heavy atom. The molecule has 1 heterocycles. The summed E-state index contributed by atoms with van der Waals surface area (Å²) in [7, 11) is 0. The second-order valence-corrected chi connectivity index (χ2v) is 7.22. The van der Waals surface area contributed by atoms with E-state index in [0.29, 0.717) is 18.2 Å². The van der Waals surface area contributed by atoms with Gasteiger partial charge in [0.1, 0.15) is 5.69 Å². The van der Waals surface area contributed by atoms with E-state index in [1.165, 1.54) is 5.56 Å². The fraction of sp³-hybridized carbons (Fsp3) is 0.261. The molecule has 0 atom stereocenters. The van der Waals surface area contributed by atoms with E-state index in [1.54, 1.807) is 12.3 Å². The average Bonchev–Trinajstić information content (AvgIpc) is 2.68. The van der Waals surface area contributed by atoms with Crippen molar-refractivity contribution < 1.29 is 4.79 Å². The first kappa shape index (κ1) is 19.5. The summed E-state index contributed by atoms with van der Waals surface area (Å²) in [5.74, 6) is 0.311. The van der Waals surface area contributed by atoms with Crippen LogP contribution < -0.4 is 5.32 Å². The van der Waals surface area contributed by atoms with Crippen molar-refractivity contribution in [2.24, 2.45) is 0 Å². The van der Waals surface area contributed by atoms with Crippen molar-refractivity contribution in [3.63, 3.8) is 0 Å². The van der Waals surface area contributed by atoms with Crippen molar-refractivity contribution in [3.8, 4) is 0 Å². The highest BCUT2D eigenvalue weighted by atomic mass is 16.2. The Morgan fingerprint density at radius 1 is 1.07 bits per heavy atom. The minimum absolute atomic E-state index is 0.0541. The molecule has 144 valence electrons. The highest BCUT2D eigenvalue weighted by Gasteiger charge is 2.21. The normalized spacial score (nSPS) is 10.8. The number of amides is 1. The van der Waals surface area contributed by atoms with Crippen LogP contribution in [0.15, 0.2) is 60.8 Å². The lowest BCUT2D eigenvalue weighted by Gasteiger charge is -2.26. The second kappa shape index (κ2) is 8.65. The van der Waals surface area contributed by atoms with E-state index in [2.05, 4.69) is 28.3 Å². The number of nitrogens with zero attached hydrogens (tertiary/aromatic N) is 3. The zero-order valence-corrected chi connectivity index (χ0v) is 16.8. The van der Waals surface area contributed by atoms with Crippen molar-refractivity contribution in [1.82, 2.24) is 14.9 Å². The topological polar surface area (TPSA) is 58.1 Å². The maximum absolute atomic E-state index is 13.1. The highest BCUT2D eigenvalue weighted by molar-refractivity contribution is 5.92. The maximum Gasteiger partial charge on any atom is 0.273 e. The third kappa shape index (κ3) is 4.74. The number of hydrogen-bond donors (Lipinski definition) is 1. The van der Waals surface area contributed by atoms with Crippen molar-refractivity contribution in [2.75, 3.05) is 5.32 Å². The van der Waals surface area contributed by atoms with Crippen LogP contribution in [0.25, 0.3) is 0 Å². The summed E-state index contributed by atoms with van der Waals surface area (Å²) >= 11 is 0. The number of benzene rings is 2. The summed E-state index contributed by atoms with van der Waals surface area (Å²) in [4.78, 5) is 23.7. The molecule has 0 aliphatic carbocycles. The summed E-state index contributed by atoms with van der Waals surface area (Å²) in [6.07, 6.45) is 1.62. The third-order valence-corrected chi connectivity index (χ3v) is 4.58. The maximum atomic E-state index is 13.1. The van der Waals surface area contributed by atoms with Gasteiger partial charge in [0, 0.05) is 24.5 Å². The van der Waals surface area contributed by atoms with E-state index in [0.717, 1.165) is 16.8 Å². The van der Waals surface area contributed by atoms with E-state index in [-0.39, 0.29) is 11.9 Å². The van der Waals surface area contributed by atoms with Gasteiger partial charge in [0.05, 0.1) is 0 Å². The van der Waals surface area contributed by atoms with Crippen LogP contribution in [0.4, 0.5) is 11.6 Å². The molecular formula is C23H26N4O. The Morgan fingerprint density at radius 2 is 1.82 bits per heavy atom. The number of nitrogens with one attached hydrogen (secondary N) is 1. The molecule has 0 radical (unpaired) electrons. The van der Waals surface area contributed by atoms with Crippen LogP contribution in [0.1, 0.15) is 41.0 Å². The predicted molar refractivity (Wildman–Crippen MR) is 113 cm³/mol. The molecule has 0 bridgehead atoms. The molecule has 28 heavy (non-hydrogen) atoms. The lowest BCUT2D eigenvalue weighted by molar-refractivity contribution is 0.0684. The number of hydrogen-bond acceptors (Lipinski definition) is 4. The van der Waals surface area contributed by atoms with Crippen LogP contribution in [0.2, 0.25) is 0 Å². The lowest BCUT2D eigenvalue weighted by Crippen LogP contribution is -2.37. The molecule has 2 aromatic carbocycles. The van der Waals surface area contributed by atoms with Gasteiger partial charge in [-0.05, 0) is 51.0 Å². The average molecular weight is 374 g/mol. The molecule has 0 aliphatic heterocycles. The SMILES string of the molecule is Cc1ccc(Nc2nccc(C(=O)N(Cc3ccccc3)C(C)C)n2)c(C)c1. The minimum atomic E-state index is -0.107. The van der Waals surface area contributed by atoms with Crippen LogP contribution in [0.3, 0.4) is 0 Å². The molecule has 0 saturated heterocycles. The number of anilines is 2. The van der Waals surface area contributed by atoms with E-state index in [1.807, 2.05) is 68.1 Å². The number of aromatic nitrogens is 2. The molecule has 0 fully saturated rings. The standard InChI is InChI=1S/C23H26N4O/c1-16(2)27(15-19-8-6-5-7-9-19)22(28)21-12-13-24-23(26-21)25-20-11-10-17(3)14-18(20)4/h5-14,16H,15H2,1-4H3,(H,24,25,26). The molecule has 5 heteroatoms. The molecule has 1 amide bonds. The summed E-state index contributed by atoms with van der Waals surface area (Å²) in [5.41, 5.74) is 4.70. The number of carbonyl (C=O) groups is 1. The summed E-state index contributed by atoms with van der Waals surface area (Å²) < 4.78 is 0. The molecule has 1 aromatic heterocycles. The number of carbonyl (C=O) groups excluding carboxylic acids is 1. The molecule has 3 aromatic rings. The van der Waals surface area contributed by atoms with Gasteiger partial charge in [-0.2, -0.15) is 0 Å². The van der Waals surface area contributed by atoms with Crippen molar-refractivity contribution in [3.05, 3.63) is 83.2 Å². The van der Waals surface area contributed by atoms with Crippen LogP contribution in [-0.2, 0) is 6.54 Å². The highest BCUT2D eigenvalue weighted by Crippen LogP contribution is 2.20. The fourth-order valence-corrected chi connectivity index (χ4v) is 3.03. The van der Waals surface area contributed by atoms with E-state index >= 15 is 0 Å². The molecule has 0 saturated carbocycles. The predicted octanol–water partition coefficient (Wildman–Crippen LogP) is 4.89. The Kier molecular flexibility index (Phi) is 6.04. The minimum Gasteiger partial charge on any atom is -0.331 e. The van der Waals surface area contributed by atoms with Gasteiger partial charge in [0.2, 0.25) is 5.95 Å². The van der Waals surface area contributed by atoms with Gasteiger partial charge in [-0.25, -0.2) is 9.97 Å². The summed E-state index contributed by atoms with van der Waals surface area (Å²) in [5, 5.41) is 3.22. The van der Waals surface area contributed by atoms with Gasteiger partial charge in [-0.15, -0.1) is 0 Å². The molecule has 1 N–H and O–H groups in total. The first-order valence-corrected chi connectivity index (χ1v) is 9.46. The van der Waals surface area contributed by atoms with E-state index < -0.39 is 0 Å². The Balaban J connectivity index is 1.81. The number of aryl methyl sites for hydroxylation is 2. The monoisotopic (exact) mass is 374 g/mol. The number of rotatable bonds is 6. The molecule has 0 spiro atoms. The van der Waals surface area contributed by atoms with Gasteiger partial charge in [0.15, 0.2) is 0 Å². The molecule has 3 rings (SSSR count). The zero-order valence-electron chi connectivity index (χ0n) is 16.8.